The second-order valence-corrected chi connectivity index (χ2v) is 3.91. The average Bonchev–Trinajstić information content (AvgIpc) is 2.53. The molecule has 0 fully saturated rings. The van der Waals surface area contributed by atoms with Crippen molar-refractivity contribution >= 4 is 0 Å². The highest BCUT2D eigenvalue weighted by molar-refractivity contribution is 5.56. The van der Waals surface area contributed by atoms with Crippen LogP contribution in [0.3, 0.4) is 0 Å². The molecule has 0 atom stereocenters. The molecule has 0 N–H and O–H groups in total. The molecule has 0 aromatic rings. The number of allylic oxidation sites excluding steroid dienone is 6. The minimum atomic E-state index is 0.0694. The SMILES string of the molecule is COC1=CC=CC(C(C)C)=CC1=C(C#N)C#N. The number of rotatable bonds is 2. The molecule has 3 heteroatoms. The molecule has 1 rings (SSSR count). The second kappa shape index (κ2) is 5.72. The van der Waals surface area contributed by atoms with Crippen LogP contribution in [-0.4, -0.2) is 7.11 Å². The van der Waals surface area contributed by atoms with Crippen LogP contribution in [0.5, 0.6) is 0 Å². The van der Waals surface area contributed by atoms with Crippen molar-refractivity contribution in [1.82, 2.24) is 0 Å². The summed E-state index contributed by atoms with van der Waals surface area (Å²) in [5, 5.41) is 17.9. The molecule has 0 saturated carbocycles. The van der Waals surface area contributed by atoms with E-state index in [1.54, 1.807) is 6.08 Å². The van der Waals surface area contributed by atoms with Crippen LogP contribution >= 0.6 is 0 Å². The van der Waals surface area contributed by atoms with E-state index in [0.29, 0.717) is 17.3 Å². The van der Waals surface area contributed by atoms with Crippen LogP contribution in [0.15, 0.2) is 46.8 Å². The standard InChI is InChI=1S/C14H14N2O/c1-10(2)11-5-4-6-14(17-3)13(7-11)12(8-15)9-16/h4-7,10H,1-3H3. The van der Waals surface area contributed by atoms with Crippen LogP contribution in [0.25, 0.3) is 0 Å². The molecule has 0 bridgehead atoms. The topological polar surface area (TPSA) is 56.8 Å². The lowest BCUT2D eigenvalue weighted by molar-refractivity contribution is 0.302. The van der Waals surface area contributed by atoms with Gasteiger partial charge in [0.2, 0.25) is 0 Å². The van der Waals surface area contributed by atoms with Crippen molar-refractivity contribution in [2.75, 3.05) is 7.11 Å². The smallest absolute Gasteiger partial charge is 0.140 e. The molecule has 86 valence electrons. The molecule has 3 nitrogen and oxygen atoms in total. The maximum Gasteiger partial charge on any atom is 0.140 e. The zero-order valence-corrected chi connectivity index (χ0v) is 10.2. The first-order chi connectivity index (χ1) is 8.13. The highest BCUT2D eigenvalue weighted by atomic mass is 16.5. The molecular weight excluding hydrogens is 212 g/mol. The van der Waals surface area contributed by atoms with Gasteiger partial charge in [0.25, 0.3) is 0 Å². The summed E-state index contributed by atoms with van der Waals surface area (Å²) in [4.78, 5) is 0. The van der Waals surface area contributed by atoms with Crippen molar-refractivity contribution in [2.24, 2.45) is 5.92 Å². The van der Waals surface area contributed by atoms with E-state index in [1.807, 2.05) is 30.4 Å². The van der Waals surface area contributed by atoms with E-state index in [9.17, 15) is 0 Å². The summed E-state index contributed by atoms with van der Waals surface area (Å²) in [6.07, 6.45) is 7.42. The minimum absolute atomic E-state index is 0.0694. The Kier molecular flexibility index (Phi) is 4.31. The van der Waals surface area contributed by atoms with E-state index < -0.39 is 0 Å². The third-order valence-corrected chi connectivity index (χ3v) is 2.49. The van der Waals surface area contributed by atoms with Crippen molar-refractivity contribution < 1.29 is 4.74 Å². The van der Waals surface area contributed by atoms with Crippen LogP contribution in [0.4, 0.5) is 0 Å². The van der Waals surface area contributed by atoms with Gasteiger partial charge in [0.05, 0.1) is 7.11 Å². The molecule has 0 heterocycles. The Morgan fingerprint density at radius 1 is 1.29 bits per heavy atom. The summed E-state index contributed by atoms with van der Waals surface area (Å²) in [6, 6.07) is 3.80. The molecule has 0 aromatic heterocycles. The van der Waals surface area contributed by atoms with Gasteiger partial charge in [0.15, 0.2) is 0 Å². The molecule has 0 amide bonds. The van der Waals surface area contributed by atoms with E-state index in [1.165, 1.54) is 7.11 Å². The fraction of sp³-hybridized carbons (Fsp3) is 0.286. The Balaban J connectivity index is 3.42. The van der Waals surface area contributed by atoms with E-state index in [0.717, 1.165) is 5.57 Å². The molecule has 0 unspecified atom stereocenters. The molecule has 1 aliphatic rings. The number of methoxy groups -OCH3 is 1. The zero-order valence-electron chi connectivity index (χ0n) is 10.2. The number of hydrogen-bond donors (Lipinski definition) is 0. The average molecular weight is 226 g/mol. The van der Waals surface area contributed by atoms with Crippen LogP contribution < -0.4 is 0 Å². The summed E-state index contributed by atoms with van der Waals surface area (Å²) >= 11 is 0. The van der Waals surface area contributed by atoms with Gasteiger partial charge in [0.1, 0.15) is 23.5 Å². The molecular formula is C14H14N2O. The Labute approximate surface area is 102 Å². The Hall–Kier alpha value is -2.26. The fourth-order valence-electron chi connectivity index (χ4n) is 1.50. The summed E-state index contributed by atoms with van der Waals surface area (Å²) in [5.74, 6) is 0.861. The van der Waals surface area contributed by atoms with Crippen molar-refractivity contribution in [3.05, 3.63) is 46.8 Å². The summed E-state index contributed by atoms with van der Waals surface area (Å²) in [7, 11) is 1.53. The van der Waals surface area contributed by atoms with Gasteiger partial charge >= 0.3 is 0 Å². The predicted molar refractivity (Wildman–Crippen MR) is 65.4 cm³/mol. The van der Waals surface area contributed by atoms with Crippen molar-refractivity contribution in [2.45, 2.75) is 13.8 Å². The molecule has 0 radical (unpaired) electrons. The third kappa shape index (κ3) is 2.86. The van der Waals surface area contributed by atoms with Crippen molar-refractivity contribution in [3.63, 3.8) is 0 Å². The van der Waals surface area contributed by atoms with Gasteiger partial charge in [-0.1, -0.05) is 26.0 Å². The Morgan fingerprint density at radius 2 is 1.94 bits per heavy atom. The number of nitrogens with zero attached hydrogens (tertiary/aromatic N) is 2. The highest BCUT2D eigenvalue weighted by Crippen LogP contribution is 2.25. The Bertz CT molecular complexity index is 489. The molecule has 1 aliphatic carbocycles. The van der Waals surface area contributed by atoms with Crippen molar-refractivity contribution in [3.8, 4) is 12.1 Å². The molecule has 0 saturated heterocycles. The summed E-state index contributed by atoms with van der Waals surface area (Å²) < 4.78 is 5.20. The summed E-state index contributed by atoms with van der Waals surface area (Å²) in [5.41, 5.74) is 1.68. The van der Waals surface area contributed by atoms with Gasteiger partial charge in [-0.15, -0.1) is 0 Å². The largest absolute Gasteiger partial charge is 0.496 e. The van der Waals surface area contributed by atoms with Crippen LogP contribution in [0.2, 0.25) is 0 Å². The third-order valence-electron chi connectivity index (χ3n) is 2.49. The van der Waals surface area contributed by atoms with E-state index in [2.05, 4.69) is 13.8 Å². The molecule has 17 heavy (non-hydrogen) atoms. The maximum absolute atomic E-state index is 8.95. The lowest BCUT2D eigenvalue weighted by Crippen LogP contribution is -1.96. The molecule has 0 aromatic carbocycles. The van der Waals surface area contributed by atoms with Gasteiger partial charge in [0, 0.05) is 5.57 Å². The predicted octanol–water partition coefficient (Wildman–Crippen LogP) is 3.01. The summed E-state index contributed by atoms with van der Waals surface area (Å²) in [6.45, 7) is 4.12. The van der Waals surface area contributed by atoms with Gasteiger partial charge < -0.3 is 4.74 Å². The number of ether oxygens (including phenoxy) is 1. The van der Waals surface area contributed by atoms with Crippen LogP contribution in [0, 0.1) is 28.6 Å². The first kappa shape index (κ1) is 12.8. The fourth-order valence-corrected chi connectivity index (χ4v) is 1.50. The van der Waals surface area contributed by atoms with Gasteiger partial charge in [-0.2, -0.15) is 10.5 Å². The highest BCUT2D eigenvalue weighted by Gasteiger charge is 2.13. The van der Waals surface area contributed by atoms with Crippen molar-refractivity contribution in [1.29, 1.82) is 10.5 Å². The number of hydrogen-bond acceptors (Lipinski definition) is 3. The van der Waals surface area contributed by atoms with E-state index >= 15 is 0 Å². The van der Waals surface area contributed by atoms with E-state index in [4.69, 9.17) is 15.3 Å². The monoisotopic (exact) mass is 226 g/mol. The lowest BCUT2D eigenvalue weighted by atomic mass is 9.99. The first-order valence-electron chi connectivity index (χ1n) is 5.32. The number of nitriles is 2. The second-order valence-electron chi connectivity index (χ2n) is 3.91. The minimum Gasteiger partial charge on any atom is -0.496 e. The van der Waals surface area contributed by atoms with Gasteiger partial charge in [-0.25, -0.2) is 0 Å². The Morgan fingerprint density at radius 3 is 2.41 bits per heavy atom. The first-order valence-corrected chi connectivity index (χ1v) is 5.32. The maximum atomic E-state index is 8.95. The zero-order chi connectivity index (χ0) is 12.8. The normalized spacial score (nSPS) is 14.4. The molecule has 0 aliphatic heterocycles. The van der Waals surface area contributed by atoms with Gasteiger partial charge in [-0.05, 0) is 23.6 Å². The quantitative estimate of drug-likeness (QED) is 0.680. The lowest BCUT2D eigenvalue weighted by Gasteiger charge is -2.09. The molecule has 0 spiro atoms. The van der Waals surface area contributed by atoms with Crippen LogP contribution in [0.1, 0.15) is 13.8 Å². The van der Waals surface area contributed by atoms with Gasteiger partial charge in [-0.3, -0.25) is 0 Å². The van der Waals surface area contributed by atoms with E-state index in [-0.39, 0.29) is 5.57 Å². The van der Waals surface area contributed by atoms with Crippen LogP contribution in [-0.2, 0) is 4.74 Å².